The van der Waals surface area contributed by atoms with E-state index in [0.29, 0.717) is 43.2 Å². The number of nitrogens with zero attached hydrogens (tertiary/aromatic N) is 5. The fourth-order valence-electron chi connectivity index (χ4n) is 3.54. The topological polar surface area (TPSA) is 95.9 Å². The van der Waals surface area contributed by atoms with E-state index in [0.717, 1.165) is 27.9 Å². The van der Waals surface area contributed by atoms with Crippen molar-refractivity contribution < 1.29 is 9.32 Å². The van der Waals surface area contributed by atoms with E-state index in [2.05, 4.69) is 27.8 Å². The number of benzene rings is 1. The summed E-state index contributed by atoms with van der Waals surface area (Å²) in [6.45, 7) is 6.71. The van der Waals surface area contributed by atoms with Crippen LogP contribution in [0.4, 0.5) is 0 Å². The van der Waals surface area contributed by atoms with E-state index in [1.165, 1.54) is 0 Å². The Morgan fingerprint density at radius 3 is 2.90 bits per heavy atom. The fraction of sp³-hybridized carbons (Fsp3) is 0.227. The molecule has 0 saturated carbocycles. The van der Waals surface area contributed by atoms with Crippen molar-refractivity contribution in [3.63, 3.8) is 0 Å². The zero-order chi connectivity index (χ0) is 20.4. The van der Waals surface area contributed by atoms with Crippen LogP contribution in [0.1, 0.15) is 28.8 Å². The Labute approximate surface area is 168 Å². The molecule has 2 aromatic heterocycles. The van der Waals surface area contributed by atoms with Crippen molar-refractivity contribution >= 4 is 5.91 Å². The van der Waals surface area contributed by atoms with Crippen molar-refractivity contribution in [2.45, 2.75) is 26.3 Å². The quantitative estimate of drug-likeness (QED) is 0.638. The molecule has 0 saturated heterocycles. The smallest absolute Gasteiger partial charge is 0.258 e. The van der Waals surface area contributed by atoms with Crippen molar-refractivity contribution in [1.82, 2.24) is 20.0 Å². The summed E-state index contributed by atoms with van der Waals surface area (Å²) >= 11 is 0. The number of hydrogen-bond acceptors (Lipinski definition) is 6. The maximum Gasteiger partial charge on any atom is 0.258 e. The summed E-state index contributed by atoms with van der Waals surface area (Å²) in [6.07, 6.45) is 4.49. The maximum absolute atomic E-state index is 12.2. The van der Waals surface area contributed by atoms with Gasteiger partial charge in [-0.25, -0.2) is 0 Å². The summed E-state index contributed by atoms with van der Waals surface area (Å²) in [5, 5.41) is 13.1. The lowest BCUT2D eigenvalue weighted by molar-refractivity contribution is -0.131. The first-order valence-corrected chi connectivity index (χ1v) is 9.31. The number of rotatable bonds is 4. The molecule has 0 aliphatic carbocycles. The van der Waals surface area contributed by atoms with Gasteiger partial charge in [-0.3, -0.25) is 9.78 Å². The van der Waals surface area contributed by atoms with Gasteiger partial charge in [0.05, 0.1) is 11.6 Å². The van der Waals surface area contributed by atoms with Gasteiger partial charge in [-0.1, -0.05) is 11.2 Å². The van der Waals surface area contributed by atoms with Crippen LogP contribution in [0.2, 0.25) is 0 Å². The van der Waals surface area contributed by atoms with Gasteiger partial charge in [0, 0.05) is 42.5 Å². The van der Waals surface area contributed by atoms with Crippen LogP contribution in [-0.4, -0.2) is 32.5 Å². The Morgan fingerprint density at radius 1 is 1.38 bits per heavy atom. The van der Waals surface area contributed by atoms with Crippen LogP contribution in [0.25, 0.3) is 22.8 Å². The number of hydrogen-bond donors (Lipinski definition) is 0. The van der Waals surface area contributed by atoms with Crippen LogP contribution in [0.5, 0.6) is 0 Å². The van der Waals surface area contributed by atoms with Crippen molar-refractivity contribution in [1.29, 1.82) is 5.26 Å². The van der Waals surface area contributed by atoms with Gasteiger partial charge in [-0.2, -0.15) is 10.2 Å². The van der Waals surface area contributed by atoms with Crippen LogP contribution in [-0.2, 0) is 17.8 Å². The summed E-state index contributed by atoms with van der Waals surface area (Å²) in [7, 11) is 0. The second-order valence-corrected chi connectivity index (χ2v) is 6.89. The molecule has 1 aliphatic rings. The van der Waals surface area contributed by atoms with Crippen LogP contribution in [0, 0.1) is 18.3 Å². The Bertz CT molecular complexity index is 1130. The number of nitriles is 1. The Morgan fingerprint density at radius 2 is 2.17 bits per heavy atom. The average Bonchev–Trinajstić information content (AvgIpc) is 3.23. The predicted molar refractivity (Wildman–Crippen MR) is 106 cm³/mol. The molecule has 0 N–H and O–H groups in total. The number of pyridine rings is 1. The molecule has 7 heteroatoms. The molecule has 7 nitrogen and oxygen atoms in total. The zero-order valence-electron chi connectivity index (χ0n) is 16.1. The van der Waals surface area contributed by atoms with Gasteiger partial charge in [0.1, 0.15) is 0 Å². The molecule has 29 heavy (non-hydrogen) atoms. The third kappa shape index (κ3) is 3.52. The molecular weight excluding hydrogens is 366 g/mol. The van der Waals surface area contributed by atoms with Crippen molar-refractivity contribution in [3.8, 4) is 28.9 Å². The summed E-state index contributed by atoms with van der Waals surface area (Å²) in [5.74, 6) is 0.938. The largest absolute Gasteiger partial charge is 0.338 e. The minimum Gasteiger partial charge on any atom is -0.338 e. The van der Waals surface area contributed by atoms with Gasteiger partial charge in [-0.15, -0.1) is 6.58 Å². The van der Waals surface area contributed by atoms with Gasteiger partial charge in [0.25, 0.3) is 5.89 Å². The molecule has 0 spiro atoms. The molecule has 1 aliphatic heterocycles. The van der Waals surface area contributed by atoms with Crippen molar-refractivity contribution in [3.05, 3.63) is 65.5 Å². The monoisotopic (exact) mass is 385 g/mol. The van der Waals surface area contributed by atoms with E-state index < -0.39 is 0 Å². The van der Waals surface area contributed by atoms with Gasteiger partial charge in [0.15, 0.2) is 0 Å². The van der Waals surface area contributed by atoms with Gasteiger partial charge in [0.2, 0.25) is 11.7 Å². The SMILES string of the molecule is C=CCC(=O)N1CCc2c(cnc(C)c2-c2noc(-c3ccc(C#N)cc3)n2)C1. The van der Waals surface area contributed by atoms with Crippen LogP contribution in [0.3, 0.4) is 0 Å². The first-order chi connectivity index (χ1) is 14.1. The highest BCUT2D eigenvalue weighted by Crippen LogP contribution is 2.32. The van der Waals surface area contributed by atoms with Crippen LogP contribution in [0.15, 0.2) is 47.6 Å². The number of carbonyl (C=O) groups is 1. The molecule has 1 amide bonds. The third-order valence-electron chi connectivity index (χ3n) is 5.04. The number of aromatic nitrogens is 3. The second-order valence-electron chi connectivity index (χ2n) is 6.89. The minimum atomic E-state index is 0.0652. The Kier molecular flexibility index (Phi) is 4.92. The highest BCUT2D eigenvalue weighted by Gasteiger charge is 2.26. The molecule has 3 heterocycles. The molecule has 3 aromatic rings. The molecule has 4 rings (SSSR count). The lowest BCUT2D eigenvalue weighted by Crippen LogP contribution is -2.36. The summed E-state index contributed by atoms with van der Waals surface area (Å²) in [4.78, 5) is 23.1. The van der Waals surface area contributed by atoms with E-state index in [1.54, 1.807) is 30.3 Å². The first-order valence-electron chi connectivity index (χ1n) is 9.31. The van der Waals surface area contributed by atoms with Crippen LogP contribution >= 0.6 is 0 Å². The van der Waals surface area contributed by atoms with Gasteiger partial charge < -0.3 is 9.42 Å². The minimum absolute atomic E-state index is 0.0652. The summed E-state index contributed by atoms with van der Waals surface area (Å²) in [6, 6.07) is 9.08. The average molecular weight is 385 g/mol. The van der Waals surface area contributed by atoms with Crippen LogP contribution < -0.4 is 0 Å². The molecular formula is C22H19N5O2. The second kappa shape index (κ2) is 7.68. The van der Waals surface area contributed by atoms with E-state index >= 15 is 0 Å². The number of carbonyl (C=O) groups excluding carboxylic acids is 1. The molecule has 0 atom stereocenters. The summed E-state index contributed by atoms with van der Waals surface area (Å²) < 4.78 is 5.47. The molecule has 0 fully saturated rings. The van der Waals surface area contributed by atoms with Gasteiger partial charge in [-0.05, 0) is 48.7 Å². The lowest BCUT2D eigenvalue weighted by Gasteiger charge is -2.29. The van der Waals surface area contributed by atoms with E-state index in [1.807, 2.05) is 18.0 Å². The zero-order valence-corrected chi connectivity index (χ0v) is 16.1. The number of fused-ring (bicyclic) bond motifs is 1. The molecule has 144 valence electrons. The lowest BCUT2D eigenvalue weighted by atomic mass is 9.94. The fourth-order valence-corrected chi connectivity index (χ4v) is 3.54. The number of amides is 1. The standard InChI is InChI=1S/C22H19N5O2/c1-3-4-19(28)27-10-9-18-17(13-27)12-24-14(2)20(18)21-25-22(29-26-21)16-7-5-15(11-23)6-8-16/h3,5-8,12H,1,4,9-10,13H2,2H3. The highest BCUT2D eigenvalue weighted by molar-refractivity contribution is 5.78. The maximum atomic E-state index is 12.2. The van der Waals surface area contributed by atoms with Gasteiger partial charge >= 0.3 is 0 Å². The van der Waals surface area contributed by atoms with Crippen molar-refractivity contribution in [2.75, 3.05) is 6.54 Å². The highest BCUT2D eigenvalue weighted by atomic mass is 16.5. The Hall–Kier alpha value is -3.79. The van der Waals surface area contributed by atoms with E-state index in [9.17, 15) is 4.79 Å². The molecule has 0 bridgehead atoms. The first kappa shape index (κ1) is 18.6. The number of aryl methyl sites for hydroxylation is 1. The van der Waals surface area contributed by atoms with E-state index in [4.69, 9.17) is 9.78 Å². The molecule has 0 unspecified atom stereocenters. The Balaban J connectivity index is 1.67. The molecule has 0 radical (unpaired) electrons. The molecule has 1 aromatic carbocycles. The normalized spacial score (nSPS) is 12.9. The predicted octanol–water partition coefficient (Wildman–Crippen LogP) is 3.44. The summed E-state index contributed by atoms with van der Waals surface area (Å²) in [5.41, 5.74) is 5.11. The third-order valence-corrected chi connectivity index (χ3v) is 5.04. The van der Waals surface area contributed by atoms with Crippen molar-refractivity contribution in [2.24, 2.45) is 0 Å². The van der Waals surface area contributed by atoms with E-state index in [-0.39, 0.29) is 5.91 Å².